The normalized spacial score (nSPS) is 11.6. The SMILES string of the molecule is O=S(=O)(NCCc1c(Cl)cccc1Cl)c1ccc(Cl)cc1Cl. The van der Waals surface area contributed by atoms with E-state index in [4.69, 9.17) is 46.4 Å². The van der Waals surface area contributed by atoms with Crippen LogP contribution in [0.15, 0.2) is 41.3 Å². The molecule has 0 saturated heterocycles. The lowest BCUT2D eigenvalue weighted by molar-refractivity contribution is 0.581. The molecular weight excluding hydrogens is 388 g/mol. The Morgan fingerprint density at radius 2 is 1.55 bits per heavy atom. The summed E-state index contributed by atoms with van der Waals surface area (Å²) in [6.45, 7) is 0.144. The Morgan fingerprint density at radius 3 is 2.14 bits per heavy atom. The Morgan fingerprint density at radius 1 is 0.909 bits per heavy atom. The first-order valence-electron chi connectivity index (χ1n) is 6.19. The monoisotopic (exact) mass is 397 g/mol. The van der Waals surface area contributed by atoms with Crippen molar-refractivity contribution >= 4 is 56.4 Å². The van der Waals surface area contributed by atoms with Crippen molar-refractivity contribution in [3.8, 4) is 0 Å². The fourth-order valence-corrected chi connectivity index (χ4v) is 4.24. The van der Waals surface area contributed by atoms with Crippen LogP contribution in [-0.2, 0) is 16.4 Å². The molecule has 0 bridgehead atoms. The van der Waals surface area contributed by atoms with Crippen molar-refractivity contribution in [3.05, 3.63) is 62.1 Å². The Labute approximate surface area is 149 Å². The molecule has 0 amide bonds. The quantitative estimate of drug-likeness (QED) is 0.784. The fraction of sp³-hybridized carbons (Fsp3) is 0.143. The first kappa shape index (κ1) is 17.9. The van der Waals surface area contributed by atoms with E-state index in [1.165, 1.54) is 18.2 Å². The summed E-state index contributed by atoms with van der Waals surface area (Å²) in [4.78, 5) is -0.0242. The lowest BCUT2D eigenvalue weighted by Gasteiger charge is -2.10. The molecule has 2 aromatic rings. The Kier molecular flexibility index (Phi) is 6.00. The molecule has 0 heterocycles. The third-order valence-electron chi connectivity index (χ3n) is 2.91. The molecular formula is C14H11Cl4NO2S. The molecule has 118 valence electrons. The maximum atomic E-state index is 12.2. The highest BCUT2D eigenvalue weighted by Crippen LogP contribution is 2.26. The molecule has 2 aromatic carbocycles. The van der Waals surface area contributed by atoms with Gasteiger partial charge in [-0.15, -0.1) is 0 Å². The first-order valence-corrected chi connectivity index (χ1v) is 9.18. The molecule has 0 fully saturated rings. The van der Waals surface area contributed by atoms with Crippen LogP contribution in [0.2, 0.25) is 20.1 Å². The molecule has 0 atom stereocenters. The molecule has 22 heavy (non-hydrogen) atoms. The highest BCUT2D eigenvalue weighted by Gasteiger charge is 2.18. The lowest BCUT2D eigenvalue weighted by Crippen LogP contribution is -2.26. The van der Waals surface area contributed by atoms with Crippen molar-refractivity contribution in [2.24, 2.45) is 0 Å². The standard InChI is InChI=1S/C14H11Cl4NO2S/c15-9-4-5-14(13(18)8-9)22(20,21)19-7-6-10-11(16)2-1-3-12(10)17/h1-5,8,19H,6-7H2. The largest absolute Gasteiger partial charge is 0.242 e. The Balaban J connectivity index is 2.10. The number of rotatable bonds is 5. The summed E-state index contributed by atoms with van der Waals surface area (Å²) < 4.78 is 26.9. The molecule has 0 radical (unpaired) electrons. The van der Waals surface area contributed by atoms with Gasteiger partial charge in [-0.25, -0.2) is 13.1 Å². The number of benzene rings is 2. The van der Waals surface area contributed by atoms with Gasteiger partial charge in [0.1, 0.15) is 4.90 Å². The molecule has 1 N–H and O–H groups in total. The summed E-state index contributed by atoms with van der Waals surface area (Å²) >= 11 is 23.8. The number of sulfonamides is 1. The summed E-state index contributed by atoms with van der Waals surface area (Å²) in [7, 11) is -3.73. The minimum Gasteiger partial charge on any atom is -0.211 e. The van der Waals surface area contributed by atoms with Crippen LogP contribution >= 0.6 is 46.4 Å². The van der Waals surface area contributed by atoms with E-state index in [1.807, 2.05) is 0 Å². The molecule has 8 heteroatoms. The lowest BCUT2D eigenvalue weighted by atomic mass is 10.1. The molecule has 3 nitrogen and oxygen atoms in total. The fourth-order valence-electron chi connectivity index (χ4n) is 1.85. The summed E-state index contributed by atoms with van der Waals surface area (Å²) in [6, 6.07) is 9.33. The van der Waals surface area contributed by atoms with Gasteiger partial charge >= 0.3 is 0 Å². The zero-order valence-corrected chi connectivity index (χ0v) is 15.0. The van der Waals surface area contributed by atoms with Crippen molar-refractivity contribution in [1.82, 2.24) is 4.72 Å². The van der Waals surface area contributed by atoms with Crippen molar-refractivity contribution in [2.75, 3.05) is 6.54 Å². The number of hydrogen-bond donors (Lipinski definition) is 1. The highest BCUT2D eigenvalue weighted by molar-refractivity contribution is 7.89. The average molecular weight is 399 g/mol. The van der Waals surface area contributed by atoms with Crippen LogP contribution in [0.5, 0.6) is 0 Å². The predicted molar refractivity (Wildman–Crippen MR) is 91.8 cm³/mol. The van der Waals surface area contributed by atoms with E-state index in [0.717, 1.165) is 0 Å². The Bertz CT molecular complexity index is 773. The molecule has 0 aromatic heterocycles. The van der Waals surface area contributed by atoms with Crippen molar-refractivity contribution in [3.63, 3.8) is 0 Å². The van der Waals surface area contributed by atoms with E-state index in [-0.39, 0.29) is 16.5 Å². The molecule has 0 spiro atoms. The van der Waals surface area contributed by atoms with Gasteiger partial charge < -0.3 is 0 Å². The van der Waals surface area contributed by atoms with Gasteiger partial charge in [-0.05, 0) is 42.3 Å². The van der Waals surface area contributed by atoms with Crippen LogP contribution in [0.3, 0.4) is 0 Å². The van der Waals surface area contributed by atoms with Crippen LogP contribution in [-0.4, -0.2) is 15.0 Å². The van der Waals surface area contributed by atoms with Gasteiger partial charge in [-0.3, -0.25) is 0 Å². The molecule has 0 saturated carbocycles. The zero-order chi connectivity index (χ0) is 16.3. The van der Waals surface area contributed by atoms with Gasteiger partial charge in [0.15, 0.2) is 0 Å². The van der Waals surface area contributed by atoms with Gasteiger partial charge in [0.25, 0.3) is 0 Å². The van der Waals surface area contributed by atoms with Gasteiger partial charge in [0.05, 0.1) is 5.02 Å². The summed E-state index contributed by atoms with van der Waals surface area (Å²) in [5.41, 5.74) is 0.690. The van der Waals surface area contributed by atoms with Crippen molar-refractivity contribution in [2.45, 2.75) is 11.3 Å². The topological polar surface area (TPSA) is 46.2 Å². The summed E-state index contributed by atoms with van der Waals surface area (Å²) in [5.74, 6) is 0. The van der Waals surface area contributed by atoms with E-state index < -0.39 is 10.0 Å². The highest BCUT2D eigenvalue weighted by atomic mass is 35.5. The summed E-state index contributed by atoms with van der Waals surface area (Å²) in [6.07, 6.45) is 0.364. The third kappa shape index (κ3) is 4.28. The van der Waals surface area contributed by atoms with Gasteiger partial charge in [-0.2, -0.15) is 0 Å². The number of nitrogens with one attached hydrogen (secondary N) is 1. The van der Waals surface area contributed by atoms with E-state index in [2.05, 4.69) is 4.72 Å². The van der Waals surface area contributed by atoms with E-state index in [1.54, 1.807) is 18.2 Å². The van der Waals surface area contributed by atoms with Gasteiger partial charge in [0, 0.05) is 21.6 Å². The van der Waals surface area contributed by atoms with Crippen LogP contribution in [0, 0.1) is 0 Å². The smallest absolute Gasteiger partial charge is 0.211 e. The second-order valence-electron chi connectivity index (χ2n) is 4.42. The third-order valence-corrected chi connectivity index (χ3v) is 5.80. The maximum absolute atomic E-state index is 12.2. The van der Waals surface area contributed by atoms with Crippen LogP contribution in [0.4, 0.5) is 0 Å². The van der Waals surface area contributed by atoms with E-state index in [9.17, 15) is 8.42 Å². The summed E-state index contributed by atoms with van der Waals surface area (Å²) in [5, 5.41) is 1.43. The average Bonchev–Trinajstić information content (AvgIpc) is 2.41. The minimum absolute atomic E-state index is 0.0242. The molecule has 0 aliphatic rings. The second kappa shape index (κ2) is 7.39. The second-order valence-corrected chi connectivity index (χ2v) is 7.82. The van der Waals surface area contributed by atoms with Crippen LogP contribution in [0.1, 0.15) is 5.56 Å². The van der Waals surface area contributed by atoms with E-state index in [0.29, 0.717) is 27.1 Å². The van der Waals surface area contributed by atoms with Crippen LogP contribution in [0.25, 0.3) is 0 Å². The predicted octanol–water partition coefficient (Wildman–Crippen LogP) is 4.82. The van der Waals surface area contributed by atoms with Gasteiger partial charge in [-0.1, -0.05) is 52.5 Å². The first-order chi connectivity index (χ1) is 10.3. The minimum atomic E-state index is -3.73. The Hall–Kier alpha value is -0.490. The molecule has 0 unspecified atom stereocenters. The van der Waals surface area contributed by atoms with E-state index >= 15 is 0 Å². The van der Waals surface area contributed by atoms with Crippen molar-refractivity contribution in [1.29, 1.82) is 0 Å². The molecule has 0 aliphatic heterocycles. The molecule has 0 aliphatic carbocycles. The maximum Gasteiger partial charge on any atom is 0.242 e. The van der Waals surface area contributed by atoms with Crippen LogP contribution < -0.4 is 4.72 Å². The zero-order valence-electron chi connectivity index (χ0n) is 11.1. The van der Waals surface area contributed by atoms with Crippen molar-refractivity contribution < 1.29 is 8.42 Å². The molecule has 2 rings (SSSR count). The number of halogens is 4. The number of hydrogen-bond acceptors (Lipinski definition) is 2. The van der Waals surface area contributed by atoms with Gasteiger partial charge in [0.2, 0.25) is 10.0 Å².